The molecule has 0 aliphatic heterocycles. The van der Waals surface area contributed by atoms with Crippen LogP contribution in [0.15, 0.2) is 59.8 Å². The normalized spacial score (nSPS) is 11.3. The Bertz CT molecular complexity index is 914. The lowest BCUT2D eigenvalue weighted by Crippen LogP contribution is -2.04. The Balaban J connectivity index is 1.88. The number of hydrogen-bond donors (Lipinski definition) is 2. The Morgan fingerprint density at radius 3 is 2.42 bits per heavy atom. The summed E-state index contributed by atoms with van der Waals surface area (Å²) >= 11 is 4.36. The van der Waals surface area contributed by atoms with E-state index in [1.165, 1.54) is 18.5 Å². The number of ether oxygens (including phenoxy) is 1. The van der Waals surface area contributed by atoms with Gasteiger partial charge in [-0.15, -0.1) is 12.6 Å². The molecule has 0 fully saturated rings. The maximum Gasteiger partial charge on any atom is 0.416 e. The molecule has 134 valence electrons. The number of nitrogens with one attached hydrogen (secondary N) is 1. The molecule has 0 unspecified atom stereocenters. The second-order valence-corrected chi connectivity index (χ2v) is 5.80. The SMILES string of the molecule is CNc1c(S)cccc1Oc1cc(-c2ccc(C(F)(F)F)cc2)ncn1. The van der Waals surface area contributed by atoms with Crippen molar-refractivity contribution in [2.24, 2.45) is 0 Å². The van der Waals surface area contributed by atoms with Crippen LogP contribution in [0.5, 0.6) is 11.6 Å². The fraction of sp³-hybridized carbons (Fsp3) is 0.111. The summed E-state index contributed by atoms with van der Waals surface area (Å²) in [5.74, 6) is 0.794. The van der Waals surface area contributed by atoms with Crippen molar-refractivity contribution >= 4 is 18.3 Å². The number of nitrogens with zero attached hydrogens (tertiary/aromatic N) is 2. The fourth-order valence-electron chi connectivity index (χ4n) is 2.35. The summed E-state index contributed by atoms with van der Waals surface area (Å²) < 4.78 is 43.8. The van der Waals surface area contributed by atoms with Gasteiger partial charge < -0.3 is 10.1 Å². The van der Waals surface area contributed by atoms with Crippen molar-refractivity contribution in [2.75, 3.05) is 12.4 Å². The van der Waals surface area contributed by atoms with Gasteiger partial charge in [0.2, 0.25) is 5.88 Å². The molecule has 1 heterocycles. The average molecular weight is 377 g/mol. The zero-order valence-corrected chi connectivity index (χ0v) is 14.5. The van der Waals surface area contributed by atoms with Crippen molar-refractivity contribution in [1.82, 2.24) is 9.97 Å². The third-order valence-electron chi connectivity index (χ3n) is 3.62. The Labute approximate surface area is 153 Å². The van der Waals surface area contributed by atoms with Crippen molar-refractivity contribution in [2.45, 2.75) is 11.1 Å². The van der Waals surface area contributed by atoms with Crippen LogP contribution >= 0.6 is 12.6 Å². The van der Waals surface area contributed by atoms with Crippen molar-refractivity contribution < 1.29 is 17.9 Å². The lowest BCUT2D eigenvalue weighted by Gasteiger charge is -2.12. The summed E-state index contributed by atoms with van der Waals surface area (Å²) in [6.45, 7) is 0. The third kappa shape index (κ3) is 3.91. The van der Waals surface area contributed by atoms with E-state index in [0.717, 1.165) is 12.1 Å². The van der Waals surface area contributed by atoms with Gasteiger partial charge >= 0.3 is 6.18 Å². The summed E-state index contributed by atoms with van der Waals surface area (Å²) in [7, 11) is 1.75. The Morgan fingerprint density at radius 1 is 1.04 bits per heavy atom. The number of alkyl halides is 3. The molecule has 0 aliphatic rings. The highest BCUT2D eigenvalue weighted by molar-refractivity contribution is 7.80. The van der Waals surface area contributed by atoms with E-state index in [1.807, 2.05) is 6.07 Å². The van der Waals surface area contributed by atoms with E-state index in [9.17, 15) is 13.2 Å². The summed E-state index contributed by atoms with van der Waals surface area (Å²) in [5, 5.41) is 3.00. The highest BCUT2D eigenvalue weighted by Crippen LogP contribution is 2.34. The quantitative estimate of drug-likeness (QED) is 0.607. The molecule has 0 radical (unpaired) electrons. The van der Waals surface area contributed by atoms with Crippen molar-refractivity contribution in [3.8, 4) is 22.9 Å². The molecule has 0 aliphatic carbocycles. The molecule has 0 spiro atoms. The van der Waals surface area contributed by atoms with Gasteiger partial charge in [-0.3, -0.25) is 0 Å². The molecule has 8 heteroatoms. The molecule has 4 nitrogen and oxygen atoms in total. The zero-order chi connectivity index (χ0) is 18.7. The van der Waals surface area contributed by atoms with Crippen LogP contribution in [-0.4, -0.2) is 17.0 Å². The number of para-hydroxylation sites is 1. The molecule has 3 aromatic rings. The molecule has 0 saturated heterocycles. The topological polar surface area (TPSA) is 47.0 Å². The third-order valence-corrected chi connectivity index (χ3v) is 3.99. The molecule has 0 atom stereocenters. The molecule has 26 heavy (non-hydrogen) atoms. The molecule has 0 amide bonds. The maximum atomic E-state index is 12.7. The minimum Gasteiger partial charge on any atom is -0.437 e. The van der Waals surface area contributed by atoms with Crippen LogP contribution in [0, 0.1) is 0 Å². The zero-order valence-electron chi connectivity index (χ0n) is 13.6. The van der Waals surface area contributed by atoms with Crippen molar-refractivity contribution in [1.29, 1.82) is 0 Å². The van der Waals surface area contributed by atoms with Gasteiger partial charge in [0, 0.05) is 23.6 Å². The van der Waals surface area contributed by atoms with Crippen molar-refractivity contribution in [3.05, 3.63) is 60.4 Å². The lowest BCUT2D eigenvalue weighted by molar-refractivity contribution is -0.137. The van der Waals surface area contributed by atoms with Crippen LogP contribution in [0.3, 0.4) is 0 Å². The van der Waals surface area contributed by atoms with Gasteiger partial charge in [0.05, 0.1) is 16.9 Å². The molecule has 0 bridgehead atoms. The Morgan fingerprint density at radius 2 is 1.77 bits per heavy atom. The summed E-state index contributed by atoms with van der Waals surface area (Å²) in [6, 6.07) is 11.7. The first-order valence-electron chi connectivity index (χ1n) is 7.56. The van der Waals surface area contributed by atoms with Gasteiger partial charge in [-0.05, 0) is 24.3 Å². The molecular formula is C18H14F3N3OS. The summed E-state index contributed by atoms with van der Waals surface area (Å²) in [4.78, 5) is 8.87. The molecular weight excluding hydrogens is 363 g/mol. The van der Waals surface area contributed by atoms with Crippen LogP contribution in [-0.2, 0) is 6.18 Å². The number of thiol groups is 1. The lowest BCUT2D eigenvalue weighted by atomic mass is 10.1. The van der Waals surface area contributed by atoms with E-state index in [1.54, 1.807) is 25.2 Å². The van der Waals surface area contributed by atoms with E-state index >= 15 is 0 Å². The van der Waals surface area contributed by atoms with E-state index in [-0.39, 0.29) is 5.88 Å². The Hall–Kier alpha value is -2.74. The van der Waals surface area contributed by atoms with Crippen LogP contribution in [0.4, 0.5) is 18.9 Å². The fourth-order valence-corrected chi connectivity index (χ4v) is 2.66. The number of aromatic nitrogens is 2. The van der Waals surface area contributed by atoms with Crippen LogP contribution in [0.2, 0.25) is 0 Å². The minimum atomic E-state index is -4.38. The number of benzene rings is 2. The molecule has 3 rings (SSSR count). The van der Waals surface area contributed by atoms with Gasteiger partial charge in [-0.1, -0.05) is 18.2 Å². The number of halogens is 3. The maximum absolute atomic E-state index is 12.7. The summed E-state index contributed by atoms with van der Waals surface area (Å²) in [6.07, 6.45) is -3.08. The van der Waals surface area contributed by atoms with Crippen molar-refractivity contribution in [3.63, 3.8) is 0 Å². The van der Waals surface area contributed by atoms with Gasteiger partial charge in [-0.25, -0.2) is 9.97 Å². The van der Waals surface area contributed by atoms with Crippen LogP contribution in [0.25, 0.3) is 11.3 Å². The average Bonchev–Trinajstić information content (AvgIpc) is 2.62. The molecule has 0 saturated carbocycles. The standard InChI is InChI=1S/C18H14F3N3OS/c1-22-17-14(3-2-4-15(17)26)25-16-9-13(23-10-24-16)11-5-7-12(8-6-11)18(19,20)21/h2-10,22,26H,1H3. The highest BCUT2D eigenvalue weighted by Gasteiger charge is 2.30. The molecule has 1 N–H and O–H groups in total. The van der Waals surface area contributed by atoms with E-state index in [2.05, 4.69) is 27.9 Å². The number of hydrogen-bond acceptors (Lipinski definition) is 5. The molecule has 2 aromatic carbocycles. The highest BCUT2D eigenvalue weighted by atomic mass is 32.1. The first-order valence-corrected chi connectivity index (χ1v) is 8.00. The monoisotopic (exact) mass is 377 g/mol. The second kappa shape index (κ2) is 7.25. The van der Waals surface area contributed by atoms with Crippen LogP contribution < -0.4 is 10.1 Å². The van der Waals surface area contributed by atoms with Gasteiger partial charge in [0.15, 0.2) is 5.75 Å². The predicted octanol–water partition coefficient (Wildman–Crippen LogP) is 5.29. The van der Waals surface area contributed by atoms with Gasteiger partial charge in [0.25, 0.3) is 0 Å². The second-order valence-electron chi connectivity index (χ2n) is 5.32. The first-order chi connectivity index (χ1) is 12.4. The largest absolute Gasteiger partial charge is 0.437 e. The summed E-state index contributed by atoms with van der Waals surface area (Å²) in [5.41, 5.74) is 0.973. The van der Waals surface area contributed by atoms with Gasteiger partial charge in [-0.2, -0.15) is 13.2 Å². The van der Waals surface area contributed by atoms with Gasteiger partial charge in [0.1, 0.15) is 6.33 Å². The van der Waals surface area contributed by atoms with E-state index < -0.39 is 11.7 Å². The smallest absolute Gasteiger partial charge is 0.416 e. The molecule has 1 aromatic heterocycles. The Kier molecular flexibility index (Phi) is 5.03. The van der Waals surface area contributed by atoms with E-state index in [0.29, 0.717) is 27.6 Å². The van der Waals surface area contributed by atoms with E-state index in [4.69, 9.17) is 4.74 Å². The minimum absolute atomic E-state index is 0.269. The predicted molar refractivity (Wildman–Crippen MR) is 95.8 cm³/mol. The van der Waals surface area contributed by atoms with Crippen LogP contribution in [0.1, 0.15) is 5.56 Å². The first kappa shape index (κ1) is 18.1. The number of rotatable bonds is 4. The number of anilines is 1.